The molecule has 15 aromatic carbocycles. The molecule has 0 saturated heterocycles. The molecule has 0 fully saturated rings. The van der Waals surface area contributed by atoms with Gasteiger partial charge < -0.3 is 79.8 Å². The summed E-state index contributed by atoms with van der Waals surface area (Å²) >= 11 is 22.5. The van der Waals surface area contributed by atoms with Gasteiger partial charge in [-0.15, -0.1) is 106 Å². The SMILES string of the molecule is CNc1ccc(Nc2ccc(Nc3ccc(Nc4ccc(Nc5ccc(C)c(SCCSC)c5)cc4)cc3SCCSc3cc4ccc3Nc3ccc(cc3)Nc3ccc(C)cc3SCCSc3cc(ccc3C)Nc3ccc(cc3)Nc3ccc(cc3SCCSC)Nc3ccc(cc3)Nc3ccc(NC)cc3SCCSc3cc(ccc3NC)Nc3ccc(cc3)N4)cc2)c(SCCSC)c1. The second-order valence-corrected chi connectivity index (χ2v) is 45.7. The van der Waals surface area contributed by atoms with Gasteiger partial charge in [-0.2, -0.15) is 35.3 Å². The number of hydrogen-bond acceptors (Lipinski definition) is 27. The lowest BCUT2D eigenvalue weighted by molar-refractivity contribution is 1.29. The van der Waals surface area contributed by atoms with Crippen LogP contribution in [0, 0.1) is 20.8 Å². The van der Waals surface area contributed by atoms with Gasteiger partial charge in [0.1, 0.15) is 0 Å². The lowest BCUT2D eigenvalue weighted by atomic mass is 10.2. The van der Waals surface area contributed by atoms with Crippen LogP contribution < -0.4 is 79.8 Å². The molecular weight excluding hydrogens is 1930 g/mol. The number of rotatable bonds is 28. The van der Waals surface area contributed by atoms with Crippen LogP contribution in [0.15, 0.2) is 353 Å². The van der Waals surface area contributed by atoms with Crippen LogP contribution in [-0.4, -0.2) is 109 Å². The van der Waals surface area contributed by atoms with Gasteiger partial charge in [-0.25, -0.2) is 0 Å². The summed E-state index contributed by atoms with van der Waals surface area (Å²) in [6, 6.07) is 111. The van der Waals surface area contributed by atoms with Gasteiger partial charge in [0.15, 0.2) is 0 Å². The van der Waals surface area contributed by atoms with Crippen molar-refractivity contribution in [3.63, 3.8) is 0 Å². The molecule has 0 unspecified atom stereocenters. The molecular formula is C111H117N15S12. The predicted molar refractivity (Wildman–Crippen MR) is 631 cm³/mol. The zero-order valence-electron chi connectivity index (χ0n) is 78.8. The maximum Gasteiger partial charge on any atom is 0.0523 e. The minimum absolute atomic E-state index is 0.820. The summed E-state index contributed by atoms with van der Waals surface area (Å²) in [5, 5.41) is 55.3. The lowest BCUT2D eigenvalue weighted by Crippen LogP contribution is -1.99. The van der Waals surface area contributed by atoms with Crippen molar-refractivity contribution < 1.29 is 0 Å². The fraction of sp³-hybridized carbons (Fsp3) is 0.189. The Morgan fingerprint density at radius 1 is 0.217 bits per heavy atom. The van der Waals surface area contributed by atoms with E-state index in [0.29, 0.717) is 0 Å². The summed E-state index contributed by atoms with van der Waals surface area (Å²) in [5.41, 5.74) is 31.7. The van der Waals surface area contributed by atoms with Crippen LogP contribution in [0.2, 0.25) is 0 Å². The second kappa shape index (κ2) is 51.6. The highest BCUT2D eigenvalue weighted by Gasteiger charge is 2.18. The average molecular weight is 2050 g/mol. The van der Waals surface area contributed by atoms with E-state index in [-0.39, 0.29) is 0 Å². The fourth-order valence-corrected chi connectivity index (χ4v) is 26.6. The molecule has 27 heteroatoms. The van der Waals surface area contributed by atoms with E-state index in [0.717, 1.165) is 232 Å². The zero-order chi connectivity index (χ0) is 95.2. The van der Waals surface area contributed by atoms with Gasteiger partial charge in [0.2, 0.25) is 0 Å². The molecule has 708 valence electrons. The molecule has 0 saturated carbocycles. The summed E-state index contributed by atoms with van der Waals surface area (Å²) in [6.07, 6.45) is 6.50. The third-order valence-electron chi connectivity index (χ3n) is 22.4. The average Bonchev–Trinajstić information content (AvgIpc) is 0.825. The summed E-state index contributed by atoms with van der Waals surface area (Å²) in [4.78, 5) is 10.8. The first kappa shape index (κ1) is 100. The molecule has 0 spiro atoms. The molecule has 16 bridgehead atoms. The summed E-state index contributed by atoms with van der Waals surface area (Å²) in [6.45, 7) is 6.58. The second-order valence-electron chi connectivity index (χ2n) is 32.6. The van der Waals surface area contributed by atoms with Gasteiger partial charge >= 0.3 is 0 Å². The van der Waals surface area contributed by atoms with Gasteiger partial charge in [0, 0.05) is 254 Å². The molecule has 0 aliphatic carbocycles. The standard InChI is InChI=1S/C111H117N15S12/c1-73-10-45-97-105(64-73)134-59-58-131-104-68-91(14-12-75(104)3)116-80-23-27-83(28-24-80)124-100-49-42-93(70-109(100)133-57-54-129-9)120-81-25-29-82(30-26-81)122-99-48-40-89(113-5)66-108(99)136-61-60-135-106-69-92(41-46-96(106)114-6)117-77-19-21-79(22-20-77)119-95-44-50-101(125-86-33-31-84(121-97)32-34-86)110(72-95)137-62-63-138-111-71-94(118-78-17-15-76(16-18-78)115-90-13-11-74(2)103(67-90)130-55-52-127-7)43-51-102(111)126-87-37-35-85(36-38-87)123-98-47-39-88(112-4)65-107(98)132-56-53-128-8/h10-51,64-72,112-126H,52-63H2,1-9H3. The van der Waals surface area contributed by atoms with Crippen LogP contribution in [0.4, 0.5) is 154 Å². The number of aryl methyl sites for hydroxylation is 3. The number of hydrogen-bond donors (Lipinski definition) is 15. The number of nitrogens with one attached hydrogen (secondary N) is 15. The molecule has 15 aromatic rings. The molecule has 0 amide bonds. The summed E-state index contributed by atoms with van der Waals surface area (Å²) < 4.78 is 0. The Morgan fingerprint density at radius 2 is 0.514 bits per heavy atom. The summed E-state index contributed by atoms with van der Waals surface area (Å²) in [7, 11) is 5.95. The van der Waals surface area contributed by atoms with Gasteiger partial charge in [-0.05, 0) is 347 Å². The fourth-order valence-electron chi connectivity index (χ4n) is 15.1. The van der Waals surface area contributed by atoms with E-state index in [1.54, 1.807) is 0 Å². The Labute approximate surface area is 866 Å². The van der Waals surface area contributed by atoms with E-state index < -0.39 is 0 Å². The van der Waals surface area contributed by atoms with E-state index in [2.05, 4.69) is 429 Å². The highest BCUT2D eigenvalue weighted by atomic mass is 32.2. The smallest absolute Gasteiger partial charge is 0.0523 e. The minimum atomic E-state index is 0.820. The third kappa shape index (κ3) is 29.6. The highest BCUT2D eigenvalue weighted by molar-refractivity contribution is 8.05. The maximum absolute atomic E-state index is 3.87. The lowest BCUT2D eigenvalue weighted by Gasteiger charge is -2.17. The Morgan fingerprint density at radius 3 is 0.971 bits per heavy atom. The summed E-state index contributed by atoms with van der Waals surface area (Å²) in [5.74, 6) is 11.7. The first-order valence-corrected chi connectivity index (χ1v) is 58.9. The molecule has 16 aliphatic rings. The van der Waals surface area contributed by atoms with E-state index >= 15 is 0 Å². The van der Waals surface area contributed by atoms with Gasteiger partial charge in [0.25, 0.3) is 0 Å². The van der Waals surface area contributed by atoms with Crippen LogP contribution in [0.25, 0.3) is 0 Å². The molecule has 0 aromatic heterocycles. The number of thioether (sulfide) groups is 12. The topological polar surface area (TPSA) is 180 Å². The normalized spacial score (nSPS) is 12.4. The molecule has 0 atom stereocenters. The number of benzene rings is 15. The van der Waals surface area contributed by atoms with Crippen molar-refractivity contribution in [2.75, 3.05) is 189 Å². The predicted octanol–water partition coefficient (Wildman–Crippen LogP) is 35.0. The Hall–Kier alpha value is -10.5. The van der Waals surface area contributed by atoms with E-state index in [4.69, 9.17) is 0 Å². The number of anilines is 27. The molecule has 31 rings (SSSR count). The molecule has 0 radical (unpaired) electrons. The first-order valence-electron chi connectivity index (χ1n) is 45.8. The Kier molecular flexibility index (Phi) is 37.6. The molecule has 138 heavy (non-hydrogen) atoms. The first-order chi connectivity index (χ1) is 67.7. The molecule has 15 N–H and O–H groups in total. The van der Waals surface area contributed by atoms with Crippen molar-refractivity contribution in [1.82, 2.24) is 0 Å². The molecule has 16 heterocycles. The Balaban J connectivity index is 0.645. The van der Waals surface area contributed by atoms with E-state index in [1.165, 1.54) is 51.0 Å². The zero-order valence-corrected chi connectivity index (χ0v) is 88.6. The molecule has 16 aliphatic heterocycles. The van der Waals surface area contributed by atoms with Crippen LogP contribution in [0.1, 0.15) is 16.7 Å². The van der Waals surface area contributed by atoms with Crippen molar-refractivity contribution in [1.29, 1.82) is 0 Å². The van der Waals surface area contributed by atoms with Crippen molar-refractivity contribution >= 4 is 295 Å². The monoisotopic (exact) mass is 2040 g/mol. The Bertz CT molecular complexity index is 6520. The molecule has 15 nitrogen and oxygen atoms in total. The van der Waals surface area contributed by atoms with Crippen LogP contribution in [-0.2, 0) is 0 Å². The van der Waals surface area contributed by atoms with Crippen molar-refractivity contribution in [2.24, 2.45) is 0 Å². The van der Waals surface area contributed by atoms with Crippen LogP contribution in [0.5, 0.6) is 0 Å². The minimum Gasteiger partial charge on any atom is -0.388 e. The van der Waals surface area contributed by atoms with Crippen molar-refractivity contribution in [2.45, 2.75) is 64.8 Å². The van der Waals surface area contributed by atoms with Crippen LogP contribution >= 0.6 is 141 Å². The largest absolute Gasteiger partial charge is 0.388 e. The van der Waals surface area contributed by atoms with Crippen LogP contribution in [0.3, 0.4) is 0 Å². The van der Waals surface area contributed by atoms with Gasteiger partial charge in [0.05, 0.1) is 34.1 Å². The quantitative estimate of drug-likeness (QED) is 0.0164. The van der Waals surface area contributed by atoms with E-state index in [1.807, 2.05) is 162 Å². The van der Waals surface area contributed by atoms with E-state index in [9.17, 15) is 0 Å². The van der Waals surface area contributed by atoms with Gasteiger partial charge in [-0.3, -0.25) is 0 Å². The van der Waals surface area contributed by atoms with Crippen molar-refractivity contribution in [3.05, 3.63) is 326 Å². The third-order valence-corrected chi connectivity index (χ3v) is 35.5. The van der Waals surface area contributed by atoms with Gasteiger partial charge in [-0.1, -0.05) is 18.2 Å². The highest BCUT2D eigenvalue weighted by Crippen LogP contribution is 2.45. The van der Waals surface area contributed by atoms with Crippen molar-refractivity contribution in [3.8, 4) is 0 Å². The maximum atomic E-state index is 3.87.